The Morgan fingerprint density at radius 2 is 1.88 bits per heavy atom. The zero-order valence-electron chi connectivity index (χ0n) is 17.9. The van der Waals surface area contributed by atoms with Crippen LogP contribution in [-0.2, 0) is 23.9 Å². The highest BCUT2D eigenvalue weighted by Gasteiger charge is 2.37. The summed E-state index contributed by atoms with van der Waals surface area (Å²) >= 11 is 0. The van der Waals surface area contributed by atoms with Crippen molar-refractivity contribution in [2.24, 2.45) is 0 Å². The second-order valence-electron chi connectivity index (χ2n) is 7.92. The first-order valence-electron chi connectivity index (χ1n) is 10.4. The molecule has 0 spiro atoms. The number of halogens is 3. The SMILES string of the molecule is Cc1nc2nc(C(F)(F)F)nn2c(C)c1CCC(=O)N1CCN(Cc2cccnc2)CC1. The van der Waals surface area contributed by atoms with Crippen molar-refractivity contribution in [2.45, 2.75) is 39.4 Å². The highest BCUT2D eigenvalue weighted by molar-refractivity contribution is 5.76. The first-order valence-corrected chi connectivity index (χ1v) is 10.4. The zero-order chi connectivity index (χ0) is 22.9. The minimum Gasteiger partial charge on any atom is -0.340 e. The number of carbonyl (C=O) groups excluding carboxylic acids is 1. The second-order valence-corrected chi connectivity index (χ2v) is 7.92. The fraction of sp³-hybridized carbons (Fsp3) is 0.476. The molecule has 3 aromatic rings. The third-order valence-electron chi connectivity index (χ3n) is 5.75. The zero-order valence-corrected chi connectivity index (χ0v) is 17.9. The molecule has 170 valence electrons. The Morgan fingerprint density at radius 3 is 2.53 bits per heavy atom. The van der Waals surface area contributed by atoms with Crippen molar-refractivity contribution in [3.63, 3.8) is 0 Å². The van der Waals surface area contributed by atoms with Crippen LogP contribution in [0.3, 0.4) is 0 Å². The van der Waals surface area contributed by atoms with Gasteiger partial charge in [-0.3, -0.25) is 14.7 Å². The molecular weight excluding hydrogens is 423 g/mol. The van der Waals surface area contributed by atoms with Gasteiger partial charge in [0.25, 0.3) is 11.6 Å². The van der Waals surface area contributed by atoms with Gasteiger partial charge < -0.3 is 4.90 Å². The molecule has 32 heavy (non-hydrogen) atoms. The van der Waals surface area contributed by atoms with Gasteiger partial charge in [-0.1, -0.05) is 6.07 Å². The van der Waals surface area contributed by atoms with Gasteiger partial charge in [0.05, 0.1) is 0 Å². The maximum Gasteiger partial charge on any atom is 0.453 e. The summed E-state index contributed by atoms with van der Waals surface area (Å²) in [5.41, 5.74) is 2.94. The Morgan fingerprint density at radius 1 is 1.12 bits per heavy atom. The minimum absolute atomic E-state index is 0.0273. The molecule has 0 bridgehead atoms. The van der Waals surface area contributed by atoms with Crippen molar-refractivity contribution >= 4 is 11.7 Å². The third kappa shape index (κ3) is 4.72. The van der Waals surface area contributed by atoms with Gasteiger partial charge in [0, 0.05) is 62.9 Å². The van der Waals surface area contributed by atoms with E-state index in [0.717, 1.165) is 35.3 Å². The Labute approximate surface area is 183 Å². The summed E-state index contributed by atoms with van der Waals surface area (Å²) in [6.07, 6.45) is -0.396. The van der Waals surface area contributed by atoms with Crippen LogP contribution in [0.15, 0.2) is 24.5 Å². The van der Waals surface area contributed by atoms with Crippen LogP contribution in [0.5, 0.6) is 0 Å². The fourth-order valence-corrected chi connectivity index (χ4v) is 3.99. The second kappa shape index (κ2) is 8.81. The predicted molar refractivity (Wildman–Crippen MR) is 110 cm³/mol. The number of fused-ring (bicyclic) bond motifs is 1. The van der Waals surface area contributed by atoms with Crippen LogP contribution in [0, 0.1) is 13.8 Å². The topological polar surface area (TPSA) is 79.5 Å². The Kier molecular flexibility index (Phi) is 6.09. The average Bonchev–Trinajstić information content (AvgIpc) is 3.19. The van der Waals surface area contributed by atoms with Crippen molar-refractivity contribution < 1.29 is 18.0 Å². The quantitative estimate of drug-likeness (QED) is 0.598. The molecule has 4 rings (SSSR count). The molecule has 0 N–H and O–H groups in total. The van der Waals surface area contributed by atoms with Crippen molar-refractivity contribution in [2.75, 3.05) is 26.2 Å². The number of aryl methyl sites for hydroxylation is 2. The maximum absolute atomic E-state index is 12.9. The van der Waals surface area contributed by atoms with E-state index in [1.807, 2.05) is 23.2 Å². The standard InChI is InChI=1S/C21H24F3N7O/c1-14-17(15(2)31-20(26-14)27-19(28-31)21(22,23)24)5-6-18(32)30-10-8-29(9-11-30)13-16-4-3-7-25-12-16/h3-4,7,12H,5-6,8-11,13H2,1-2H3. The molecule has 0 atom stereocenters. The number of aromatic nitrogens is 5. The number of nitrogens with zero attached hydrogens (tertiary/aromatic N) is 7. The Bertz CT molecular complexity index is 1110. The predicted octanol–water partition coefficient (Wildman–Crippen LogP) is 2.43. The molecule has 4 heterocycles. The summed E-state index contributed by atoms with van der Waals surface area (Å²) in [7, 11) is 0. The monoisotopic (exact) mass is 447 g/mol. The molecule has 1 saturated heterocycles. The molecule has 0 aliphatic carbocycles. The van der Waals surface area contributed by atoms with Crippen LogP contribution >= 0.6 is 0 Å². The number of hydrogen-bond donors (Lipinski definition) is 0. The van der Waals surface area contributed by atoms with Crippen molar-refractivity contribution in [1.29, 1.82) is 0 Å². The normalized spacial score (nSPS) is 15.5. The number of alkyl halides is 3. The summed E-state index contributed by atoms with van der Waals surface area (Å²) < 4.78 is 39.9. The van der Waals surface area contributed by atoms with E-state index in [4.69, 9.17) is 0 Å². The molecule has 1 aliphatic heterocycles. The summed E-state index contributed by atoms with van der Waals surface area (Å²) in [6, 6.07) is 3.95. The van der Waals surface area contributed by atoms with E-state index in [0.29, 0.717) is 30.9 Å². The van der Waals surface area contributed by atoms with Crippen molar-refractivity contribution in [3.05, 3.63) is 52.9 Å². The van der Waals surface area contributed by atoms with E-state index < -0.39 is 12.0 Å². The van der Waals surface area contributed by atoms with Gasteiger partial charge in [0.1, 0.15) is 0 Å². The number of amides is 1. The lowest BCUT2D eigenvalue weighted by molar-refractivity contribution is -0.144. The average molecular weight is 447 g/mol. The summed E-state index contributed by atoms with van der Waals surface area (Å²) in [5.74, 6) is -1.28. The molecule has 0 radical (unpaired) electrons. The molecule has 1 amide bonds. The molecule has 1 aliphatic rings. The Hall–Kier alpha value is -3.08. The van der Waals surface area contributed by atoms with Crippen LogP contribution in [-0.4, -0.2) is 66.5 Å². The maximum atomic E-state index is 12.9. The van der Waals surface area contributed by atoms with E-state index in [9.17, 15) is 18.0 Å². The third-order valence-corrected chi connectivity index (χ3v) is 5.75. The fourth-order valence-electron chi connectivity index (χ4n) is 3.99. The summed E-state index contributed by atoms with van der Waals surface area (Å²) in [5, 5.41) is 3.56. The number of rotatable bonds is 5. The van der Waals surface area contributed by atoms with E-state index in [2.05, 4.69) is 25.0 Å². The molecule has 1 fully saturated rings. The van der Waals surface area contributed by atoms with Crippen LogP contribution in [0.25, 0.3) is 5.78 Å². The highest BCUT2D eigenvalue weighted by Crippen LogP contribution is 2.27. The van der Waals surface area contributed by atoms with Gasteiger partial charge >= 0.3 is 6.18 Å². The van der Waals surface area contributed by atoms with Crippen molar-refractivity contribution in [1.82, 2.24) is 34.4 Å². The van der Waals surface area contributed by atoms with E-state index in [1.54, 1.807) is 20.0 Å². The van der Waals surface area contributed by atoms with Gasteiger partial charge in [-0.05, 0) is 37.5 Å². The van der Waals surface area contributed by atoms with E-state index >= 15 is 0 Å². The van der Waals surface area contributed by atoms with Gasteiger partial charge in [0.15, 0.2) is 0 Å². The van der Waals surface area contributed by atoms with Crippen LogP contribution in [0.2, 0.25) is 0 Å². The van der Waals surface area contributed by atoms with Gasteiger partial charge in [-0.2, -0.15) is 18.2 Å². The summed E-state index contributed by atoms with van der Waals surface area (Å²) in [6.45, 7) is 7.05. The summed E-state index contributed by atoms with van der Waals surface area (Å²) in [4.78, 5) is 28.7. The lowest BCUT2D eigenvalue weighted by Gasteiger charge is -2.34. The molecule has 0 unspecified atom stereocenters. The van der Waals surface area contributed by atoms with Crippen LogP contribution < -0.4 is 0 Å². The molecule has 0 saturated carbocycles. The lowest BCUT2D eigenvalue weighted by atomic mass is 10.1. The molecule has 3 aromatic heterocycles. The van der Waals surface area contributed by atoms with Crippen LogP contribution in [0.4, 0.5) is 13.2 Å². The van der Waals surface area contributed by atoms with Crippen LogP contribution in [0.1, 0.15) is 34.8 Å². The smallest absolute Gasteiger partial charge is 0.340 e. The molecule has 11 heteroatoms. The first kappa shape index (κ1) is 22.1. The van der Waals surface area contributed by atoms with E-state index in [1.165, 1.54) is 0 Å². The lowest BCUT2D eigenvalue weighted by Crippen LogP contribution is -2.48. The van der Waals surface area contributed by atoms with E-state index in [-0.39, 0.29) is 18.1 Å². The number of hydrogen-bond acceptors (Lipinski definition) is 6. The van der Waals surface area contributed by atoms with Crippen molar-refractivity contribution in [3.8, 4) is 0 Å². The molecule has 0 aromatic carbocycles. The first-order chi connectivity index (χ1) is 15.2. The number of carbonyl (C=O) groups is 1. The number of piperazine rings is 1. The minimum atomic E-state index is -4.64. The van der Waals surface area contributed by atoms with Gasteiger partial charge in [-0.15, -0.1) is 5.10 Å². The van der Waals surface area contributed by atoms with Gasteiger partial charge in [-0.25, -0.2) is 9.50 Å². The molecular formula is C21H24F3N7O. The van der Waals surface area contributed by atoms with Gasteiger partial charge in [0.2, 0.25) is 5.91 Å². The molecule has 8 nitrogen and oxygen atoms in total. The Balaban J connectivity index is 1.37. The highest BCUT2D eigenvalue weighted by atomic mass is 19.4. The number of pyridine rings is 1. The largest absolute Gasteiger partial charge is 0.453 e.